The number of amides is 2. The number of nitrogens with zero attached hydrogens (tertiary/aromatic N) is 4. The van der Waals surface area contributed by atoms with Gasteiger partial charge in [-0.3, -0.25) is 9.59 Å². The molecule has 0 bridgehead atoms. The third-order valence-electron chi connectivity index (χ3n) is 4.98. The summed E-state index contributed by atoms with van der Waals surface area (Å²) < 4.78 is 2.77. The first kappa shape index (κ1) is 19.3. The Morgan fingerprint density at radius 3 is 2.86 bits per heavy atom. The lowest BCUT2D eigenvalue weighted by Crippen LogP contribution is -2.28. The molecule has 7 nitrogen and oxygen atoms in total. The number of nitrogens with one attached hydrogen (secondary N) is 1. The Kier molecular flexibility index (Phi) is 5.44. The van der Waals surface area contributed by atoms with Crippen LogP contribution in [-0.4, -0.2) is 33.1 Å². The number of aromatic nitrogens is 3. The number of carbonyl (C=O) groups is 2. The Hall–Kier alpha value is -3.00. The van der Waals surface area contributed by atoms with Crippen LogP contribution in [0.1, 0.15) is 13.3 Å². The van der Waals surface area contributed by atoms with Gasteiger partial charge in [-0.25, -0.2) is 0 Å². The van der Waals surface area contributed by atoms with Crippen LogP contribution < -0.4 is 10.2 Å². The summed E-state index contributed by atoms with van der Waals surface area (Å²) in [5.41, 5.74) is 2.33. The smallest absolute Gasteiger partial charge is 0.229 e. The van der Waals surface area contributed by atoms with Crippen LogP contribution in [0.15, 0.2) is 59.3 Å². The molecule has 2 aromatic carbocycles. The molecule has 2 heterocycles. The van der Waals surface area contributed by atoms with Crippen LogP contribution in [-0.2, 0) is 16.1 Å². The van der Waals surface area contributed by atoms with Crippen molar-refractivity contribution in [3.63, 3.8) is 0 Å². The predicted molar refractivity (Wildman–Crippen MR) is 114 cm³/mol. The Bertz CT molecular complexity index is 1060. The summed E-state index contributed by atoms with van der Waals surface area (Å²) in [6.45, 7) is 3.14. The highest BCUT2D eigenvalue weighted by Gasteiger charge is 2.35. The van der Waals surface area contributed by atoms with E-state index in [1.165, 1.54) is 0 Å². The number of anilines is 2. The van der Waals surface area contributed by atoms with Crippen molar-refractivity contribution in [1.29, 1.82) is 0 Å². The zero-order valence-corrected chi connectivity index (χ0v) is 17.5. The second kappa shape index (κ2) is 8.16. The first-order valence-electron chi connectivity index (χ1n) is 9.41. The van der Waals surface area contributed by atoms with Crippen LogP contribution in [0.2, 0.25) is 0 Å². The number of rotatable bonds is 5. The van der Waals surface area contributed by atoms with Gasteiger partial charge in [0.1, 0.15) is 6.33 Å². The minimum Gasteiger partial charge on any atom is -0.326 e. The van der Waals surface area contributed by atoms with Crippen LogP contribution in [0.3, 0.4) is 0 Å². The van der Waals surface area contributed by atoms with Crippen molar-refractivity contribution < 1.29 is 9.59 Å². The van der Waals surface area contributed by atoms with E-state index in [0.717, 1.165) is 28.1 Å². The second-order valence-corrected chi connectivity index (χ2v) is 7.72. The van der Waals surface area contributed by atoms with Crippen molar-refractivity contribution >= 4 is 39.1 Å². The maximum atomic E-state index is 12.8. The third-order valence-corrected chi connectivity index (χ3v) is 5.65. The first-order valence-corrected chi connectivity index (χ1v) is 10.2. The summed E-state index contributed by atoms with van der Waals surface area (Å²) >= 11 is 3.48. The van der Waals surface area contributed by atoms with Gasteiger partial charge in [0.25, 0.3) is 0 Å². The molecule has 0 radical (unpaired) electrons. The topological polar surface area (TPSA) is 80.1 Å². The number of aryl methyl sites for hydroxylation is 1. The van der Waals surface area contributed by atoms with Gasteiger partial charge in [0.05, 0.1) is 11.6 Å². The normalized spacial score (nSPS) is 16.3. The minimum atomic E-state index is -0.405. The molecule has 1 unspecified atom stereocenters. The van der Waals surface area contributed by atoms with Crippen LogP contribution in [0, 0.1) is 5.92 Å². The molecule has 1 fully saturated rings. The maximum absolute atomic E-state index is 12.8. The molecule has 0 aliphatic carbocycles. The summed E-state index contributed by atoms with van der Waals surface area (Å²) in [5, 5.41) is 11.1. The molecule has 1 atom stereocenters. The van der Waals surface area contributed by atoms with E-state index in [1.54, 1.807) is 11.2 Å². The Balaban J connectivity index is 1.48. The predicted octanol–water partition coefficient (Wildman–Crippen LogP) is 3.72. The fourth-order valence-electron chi connectivity index (χ4n) is 3.48. The summed E-state index contributed by atoms with van der Waals surface area (Å²) in [4.78, 5) is 27.0. The largest absolute Gasteiger partial charge is 0.326 e. The molecule has 8 heteroatoms. The van der Waals surface area contributed by atoms with Gasteiger partial charge in [0, 0.05) is 35.2 Å². The lowest BCUT2D eigenvalue weighted by molar-refractivity contribution is -0.122. The number of halogens is 1. The van der Waals surface area contributed by atoms with E-state index in [9.17, 15) is 9.59 Å². The van der Waals surface area contributed by atoms with E-state index in [2.05, 4.69) is 31.4 Å². The van der Waals surface area contributed by atoms with Crippen LogP contribution in [0.5, 0.6) is 0 Å². The summed E-state index contributed by atoms with van der Waals surface area (Å²) in [6, 6.07) is 15.0. The van der Waals surface area contributed by atoms with Crippen LogP contribution >= 0.6 is 15.9 Å². The zero-order chi connectivity index (χ0) is 20.4. The van der Waals surface area contributed by atoms with Crippen molar-refractivity contribution in [1.82, 2.24) is 14.8 Å². The number of benzene rings is 2. The number of carbonyl (C=O) groups excluding carboxylic acids is 2. The van der Waals surface area contributed by atoms with Gasteiger partial charge in [-0.05, 0) is 47.1 Å². The fourth-order valence-corrected chi connectivity index (χ4v) is 3.98. The van der Waals surface area contributed by atoms with Crippen molar-refractivity contribution in [3.05, 3.63) is 59.3 Å². The van der Waals surface area contributed by atoms with Gasteiger partial charge in [-0.1, -0.05) is 24.3 Å². The average molecular weight is 454 g/mol. The quantitative estimate of drug-likeness (QED) is 0.638. The van der Waals surface area contributed by atoms with Crippen LogP contribution in [0.4, 0.5) is 11.4 Å². The molecule has 2 amide bonds. The zero-order valence-electron chi connectivity index (χ0n) is 15.9. The van der Waals surface area contributed by atoms with Gasteiger partial charge >= 0.3 is 0 Å². The molecule has 1 saturated heterocycles. The monoisotopic (exact) mass is 453 g/mol. The lowest BCUT2D eigenvalue weighted by Gasteiger charge is -2.18. The van der Waals surface area contributed by atoms with E-state index >= 15 is 0 Å². The Morgan fingerprint density at radius 1 is 1.24 bits per heavy atom. The minimum absolute atomic E-state index is 0.0538. The maximum Gasteiger partial charge on any atom is 0.229 e. The van der Waals surface area contributed by atoms with E-state index in [4.69, 9.17) is 0 Å². The molecule has 1 N–H and O–H groups in total. The SMILES string of the molecule is CCn1cnnc1-c1cccc(NC(=O)C2CC(=O)N(c3ccccc3Br)C2)c1. The van der Waals surface area contributed by atoms with Gasteiger partial charge in [0.15, 0.2) is 5.82 Å². The molecular weight excluding hydrogens is 434 g/mol. The third kappa shape index (κ3) is 3.93. The number of hydrogen-bond donors (Lipinski definition) is 1. The molecule has 3 aromatic rings. The first-order chi connectivity index (χ1) is 14.1. The Morgan fingerprint density at radius 2 is 2.07 bits per heavy atom. The number of para-hydroxylation sites is 1. The van der Waals surface area contributed by atoms with Crippen molar-refractivity contribution in [3.8, 4) is 11.4 Å². The average Bonchev–Trinajstić information content (AvgIpc) is 3.35. The van der Waals surface area contributed by atoms with Crippen molar-refractivity contribution in [2.45, 2.75) is 19.9 Å². The van der Waals surface area contributed by atoms with Gasteiger partial charge in [-0.15, -0.1) is 10.2 Å². The molecule has 0 spiro atoms. The highest BCUT2D eigenvalue weighted by molar-refractivity contribution is 9.10. The van der Waals surface area contributed by atoms with E-state index in [-0.39, 0.29) is 18.2 Å². The molecule has 4 rings (SSSR count). The highest BCUT2D eigenvalue weighted by atomic mass is 79.9. The molecule has 29 heavy (non-hydrogen) atoms. The van der Waals surface area contributed by atoms with Gasteiger partial charge in [0.2, 0.25) is 11.8 Å². The summed E-state index contributed by atoms with van der Waals surface area (Å²) in [7, 11) is 0. The van der Waals surface area contributed by atoms with Gasteiger partial charge in [-0.2, -0.15) is 0 Å². The van der Waals surface area contributed by atoms with Crippen molar-refractivity contribution in [2.75, 3.05) is 16.8 Å². The molecular formula is C21H20BrN5O2. The second-order valence-electron chi connectivity index (χ2n) is 6.87. The Labute approximate surface area is 176 Å². The number of hydrogen-bond acceptors (Lipinski definition) is 4. The summed E-state index contributed by atoms with van der Waals surface area (Å²) in [5.74, 6) is 0.126. The lowest BCUT2D eigenvalue weighted by atomic mass is 10.1. The highest BCUT2D eigenvalue weighted by Crippen LogP contribution is 2.32. The van der Waals surface area contributed by atoms with Crippen LogP contribution in [0.25, 0.3) is 11.4 Å². The van der Waals surface area contributed by atoms with Gasteiger partial charge < -0.3 is 14.8 Å². The molecule has 1 aliphatic heterocycles. The fraction of sp³-hybridized carbons (Fsp3) is 0.238. The molecule has 1 aromatic heterocycles. The molecule has 148 valence electrons. The van der Waals surface area contributed by atoms with E-state index in [0.29, 0.717) is 12.2 Å². The summed E-state index contributed by atoms with van der Waals surface area (Å²) in [6.07, 6.45) is 1.87. The van der Waals surface area contributed by atoms with Crippen molar-refractivity contribution in [2.24, 2.45) is 5.92 Å². The van der Waals surface area contributed by atoms with E-state index in [1.807, 2.05) is 60.0 Å². The standard InChI is InChI=1S/C21H20BrN5O2/c1-2-26-13-23-25-20(26)14-6-5-7-16(10-14)24-21(29)15-11-19(28)27(12-15)18-9-4-3-8-17(18)22/h3-10,13,15H,2,11-12H2,1H3,(H,24,29). The van der Waals surface area contributed by atoms with E-state index < -0.39 is 5.92 Å². The molecule has 1 aliphatic rings. The molecule has 0 saturated carbocycles.